The van der Waals surface area contributed by atoms with Crippen LogP contribution in [0.2, 0.25) is 0 Å². The van der Waals surface area contributed by atoms with Gasteiger partial charge in [0.2, 0.25) is 0 Å². The van der Waals surface area contributed by atoms with Crippen LogP contribution in [-0.4, -0.2) is 21.5 Å². The quantitative estimate of drug-likeness (QED) is 0.913. The summed E-state index contributed by atoms with van der Waals surface area (Å²) in [7, 11) is 0. The smallest absolute Gasteiger partial charge is 0.180 e. The summed E-state index contributed by atoms with van der Waals surface area (Å²) in [6.45, 7) is 9.08. The minimum Gasteiger partial charge on any atom is -0.370 e. The first-order valence-electron chi connectivity index (χ1n) is 6.70. The number of aromatic nitrogens is 3. The largest absolute Gasteiger partial charge is 0.370 e. The van der Waals surface area contributed by atoms with Crippen molar-refractivity contribution in [2.75, 3.05) is 11.9 Å². The molecule has 100 valence electrons. The van der Waals surface area contributed by atoms with Crippen molar-refractivity contribution in [2.45, 2.75) is 34.1 Å². The van der Waals surface area contributed by atoms with E-state index in [2.05, 4.69) is 40.2 Å². The van der Waals surface area contributed by atoms with Crippen molar-refractivity contribution in [3.05, 3.63) is 35.2 Å². The Kier molecular flexibility index (Phi) is 4.10. The van der Waals surface area contributed by atoms with Crippen molar-refractivity contribution in [3.8, 4) is 11.5 Å². The fourth-order valence-corrected chi connectivity index (χ4v) is 2.00. The second-order valence-corrected chi connectivity index (χ2v) is 4.50. The molecule has 0 aliphatic rings. The van der Waals surface area contributed by atoms with E-state index >= 15 is 0 Å². The fourth-order valence-electron chi connectivity index (χ4n) is 2.00. The molecule has 1 N–H and O–H groups in total. The van der Waals surface area contributed by atoms with E-state index in [1.165, 1.54) is 5.56 Å². The summed E-state index contributed by atoms with van der Waals surface area (Å²) >= 11 is 0. The van der Waals surface area contributed by atoms with Gasteiger partial charge in [0.05, 0.1) is 0 Å². The molecule has 19 heavy (non-hydrogen) atoms. The van der Waals surface area contributed by atoms with Gasteiger partial charge in [0, 0.05) is 24.0 Å². The predicted molar refractivity (Wildman–Crippen MR) is 78.3 cm³/mol. The highest BCUT2D eigenvalue weighted by Gasteiger charge is 2.12. The topological polar surface area (TPSA) is 50.7 Å². The van der Waals surface area contributed by atoms with E-state index in [1.807, 2.05) is 19.9 Å². The molecule has 2 heterocycles. The van der Waals surface area contributed by atoms with Crippen molar-refractivity contribution < 1.29 is 0 Å². The highest BCUT2D eigenvalue weighted by atomic mass is 15.0. The number of nitrogens with one attached hydrogen (secondary N) is 1. The fraction of sp³-hybridized carbons (Fsp3) is 0.400. The lowest BCUT2D eigenvalue weighted by Crippen LogP contribution is -2.07. The zero-order chi connectivity index (χ0) is 13.8. The molecule has 0 aromatic carbocycles. The normalized spacial score (nSPS) is 10.5. The monoisotopic (exact) mass is 256 g/mol. The standard InChI is InChI=1S/C15H20N4/c1-5-12-8-7-9-17-13(12)15-18-11(4)10(3)14(19-15)16-6-2/h7-9H,5-6H2,1-4H3,(H,16,18,19). The second-order valence-electron chi connectivity index (χ2n) is 4.50. The van der Waals surface area contributed by atoms with Crippen LogP contribution in [0.25, 0.3) is 11.5 Å². The van der Waals surface area contributed by atoms with Gasteiger partial charge < -0.3 is 5.32 Å². The summed E-state index contributed by atoms with van der Waals surface area (Å²) in [4.78, 5) is 13.6. The third-order valence-corrected chi connectivity index (χ3v) is 3.22. The molecule has 0 radical (unpaired) electrons. The number of nitrogens with zero attached hydrogens (tertiary/aromatic N) is 3. The lowest BCUT2D eigenvalue weighted by Gasteiger charge is -2.12. The van der Waals surface area contributed by atoms with E-state index in [4.69, 9.17) is 0 Å². The molecule has 0 spiro atoms. The van der Waals surface area contributed by atoms with Gasteiger partial charge in [-0.3, -0.25) is 4.98 Å². The highest BCUT2D eigenvalue weighted by molar-refractivity contribution is 5.59. The molecule has 2 rings (SSSR count). The van der Waals surface area contributed by atoms with E-state index in [-0.39, 0.29) is 0 Å². The van der Waals surface area contributed by atoms with Crippen LogP contribution in [-0.2, 0) is 6.42 Å². The molecule has 0 fully saturated rings. The number of hydrogen-bond acceptors (Lipinski definition) is 4. The maximum atomic E-state index is 4.62. The number of anilines is 1. The molecule has 0 bridgehead atoms. The van der Waals surface area contributed by atoms with Crippen LogP contribution < -0.4 is 5.32 Å². The van der Waals surface area contributed by atoms with Crippen LogP contribution in [0.1, 0.15) is 30.7 Å². The summed E-state index contributed by atoms with van der Waals surface area (Å²) in [6, 6.07) is 4.03. The van der Waals surface area contributed by atoms with E-state index < -0.39 is 0 Å². The van der Waals surface area contributed by atoms with E-state index in [0.717, 1.165) is 35.7 Å². The zero-order valence-corrected chi connectivity index (χ0v) is 12.0. The Morgan fingerprint density at radius 1 is 1.16 bits per heavy atom. The highest BCUT2D eigenvalue weighted by Crippen LogP contribution is 2.22. The van der Waals surface area contributed by atoms with Crippen LogP contribution in [0, 0.1) is 13.8 Å². The number of hydrogen-bond donors (Lipinski definition) is 1. The summed E-state index contributed by atoms with van der Waals surface area (Å²) in [6.07, 6.45) is 2.72. The molecule has 0 atom stereocenters. The molecule has 0 saturated carbocycles. The molecular weight excluding hydrogens is 236 g/mol. The number of pyridine rings is 1. The summed E-state index contributed by atoms with van der Waals surface area (Å²) < 4.78 is 0. The van der Waals surface area contributed by atoms with Crippen molar-refractivity contribution in [1.29, 1.82) is 0 Å². The Hall–Kier alpha value is -1.97. The number of rotatable bonds is 4. The van der Waals surface area contributed by atoms with Gasteiger partial charge in [-0.25, -0.2) is 9.97 Å². The third-order valence-electron chi connectivity index (χ3n) is 3.22. The molecule has 2 aromatic heterocycles. The molecule has 4 nitrogen and oxygen atoms in total. The van der Waals surface area contributed by atoms with Gasteiger partial charge in [0.1, 0.15) is 11.5 Å². The minimum absolute atomic E-state index is 0.705. The lowest BCUT2D eigenvalue weighted by atomic mass is 10.1. The molecule has 4 heteroatoms. The van der Waals surface area contributed by atoms with Gasteiger partial charge >= 0.3 is 0 Å². The first kappa shape index (κ1) is 13.5. The van der Waals surface area contributed by atoms with Crippen LogP contribution in [0.3, 0.4) is 0 Å². The molecule has 0 aliphatic carbocycles. The maximum Gasteiger partial charge on any atom is 0.180 e. The van der Waals surface area contributed by atoms with Crippen LogP contribution in [0.5, 0.6) is 0 Å². The summed E-state index contributed by atoms with van der Waals surface area (Å²) in [5.74, 6) is 1.61. The molecule has 2 aromatic rings. The van der Waals surface area contributed by atoms with E-state index in [1.54, 1.807) is 6.20 Å². The van der Waals surface area contributed by atoms with Gasteiger partial charge in [-0.15, -0.1) is 0 Å². The van der Waals surface area contributed by atoms with Crippen LogP contribution in [0.15, 0.2) is 18.3 Å². The Morgan fingerprint density at radius 3 is 2.63 bits per heavy atom. The zero-order valence-electron chi connectivity index (χ0n) is 12.0. The summed E-state index contributed by atoms with van der Waals surface area (Å²) in [5.41, 5.74) is 4.15. The Labute approximate surface area is 114 Å². The average Bonchev–Trinajstić information content (AvgIpc) is 2.43. The van der Waals surface area contributed by atoms with Gasteiger partial charge in [0.25, 0.3) is 0 Å². The first-order chi connectivity index (χ1) is 9.17. The van der Waals surface area contributed by atoms with Crippen molar-refractivity contribution >= 4 is 5.82 Å². The van der Waals surface area contributed by atoms with E-state index in [9.17, 15) is 0 Å². The van der Waals surface area contributed by atoms with Crippen molar-refractivity contribution in [1.82, 2.24) is 15.0 Å². The second kappa shape index (κ2) is 5.78. The van der Waals surface area contributed by atoms with Gasteiger partial charge in [-0.1, -0.05) is 13.0 Å². The minimum atomic E-state index is 0.705. The maximum absolute atomic E-state index is 4.62. The average molecular weight is 256 g/mol. The lowest BCUT2D eigenvalue weighted by molar-refractivity contribution is 1.02. The molecular formula is C15H20N4. The van der Waals surface area contributed by atoms with Crippen LogP contribution >= 0.6 is 0 Å². The number of aryl methyl sites for hydroxylation is 2. The van der Waals surface area contributed by atoms with Crippen molar-refractivity contribution in [3.63, 3.8) is 0 Å². The Balaban J connectivity index is 2.56. The Bertz CT molecular complexity index is 578. The molecule has 0 unspecified atom stereocenters. The molecule has 0 amide bonds. The predicted octanol–water partition coefficient (Wildman–Crippen LogP) is 3.15. The summed E-state index contributed by atoms with van der Waals surface area (Å²) in [5, 5.41) is 3.29. The van der Waals surface area contributed by atoms with Gasteiger partial charge in [-0.05, 0) is 38.8 Å². The van der Waals surface area contributed by atoms with Crippen molar-refractivity contribution in [2.24, 2.45) is 0 Å². The SMILES string of the molecule is CCNc1nc(-c2ncccc2CC)nc(C)c1C. The molecule has 0 aliphatic heterocycles. The van der Waals surface area contributed by atoms with Gasteiger partial charge in [-0.2, -0.15) is 0 Å². The van der Waals surface area contributed by atoms with Gasteiger partial charge in [0.15, 0.2) is 5.82 Å². The Morgan fingerprint density at radius 2 is 1.95 bits per heavy atom. The third kappa shape index (κ3) is 2.72. The first-order valence-corrected chi connectivity index (χ1v) is 6.70. The van der Waals surface area contributed by atoms with E-state index in [0.29, 0.717) is 5.82 Å². The molecule has 0 saturated heterocycles. The van der Waals surface area contributed by atoms with Crippen LogP contribution in [0.4, 0.5) is 5.82 Å².